The van der Waals surface area contributed by atoms with Crippen molar-refractivity contribution in [2.45, 2.75) is 45.6 Å². The van der Waals surface area contributed by atoms with E-state index in [0.29, 0.717) is 24.1 Å². The quantitative estimate of drug-likeness (QED) is 0.624. The first-order chi connectivity index (χ1) is 7.57. The van der Waals surface area contributed by atoms with E-state index in [1.54, 1.807) is 0 Å². The van der Waals surface area contributed by atoms with Crippen LogP contribution in [-0.4, -0.2) is 30.2 Å². The minimum atomic E-state index is -0.00725. The highest BCUT2D eigenvalue weighted by Gasteiger charge is 2.88. The van der Waals surface area contributed by atoms with Crippen LogP contribution in [0, 0.1) is 16.2 Å². The molecule has 4 rings (SSSR count). The standard InChI is InChI=1S/C13H19NO2/c1-11(2)12(4-3-5-12)13(11)6-9-7-16-8-14(9)10(13)15/h9H,3-8H2,1-2H3/t9?,13-/m1/s1. The van der Waals surface area contributed by atoms with Crippen molar-refractivity contribution in [3.8, 4) is 0 Å². The zero-order chi connectivity index (χ0) is 11.2. The van der Waals surface area contributed by atoms with Crippen molar-refractivity contribution in [2.75, 3.05) is 13.3 Å². The van der Waals surface area contributed by atoms with Crippen molar-refractivity contribution < 1.29 is 9.53 Å². The largest absolute Gasteiger partial charge is 0.359 e. The molecule has 2 aliphatic heterocycles. The number of amides is 1. The van der Waals surface area contributed by atoms with Crippen molar-refractivity contribution in [3.63, 3.8) is 0 Å². The van der Waals surface area contributed by atoms with Gasteiger partial charge in [-0.15, -0.1) is 0 Å². The van der Waals surface area contributed by atoms with E-state index < -0.39 is 0 Å². The van der Waals surface area contributed by atoms with E-state index in [1.165, 1.54) is 19.3 Å². The van der Waals surface area contributed by atoms with Gasteiger partial charge in [0.1, 0.15) is 6.73 Å². The second kappa shape index (κ2) is 2.33. The van der Waals surface area contributed by atoms with Crippen LogP contribution in [0.25, 0.3) is 0 Å². The second-order valence-corrected chi connectivity index (χ2v) is 6.60. The van der Waals surface area contributed by atoms with Crippen LogP contribution < -0.4 is 0 Å². The van der Waals surface area contributed by atoms with Crippen molar-refractivity contribution in [1.82, 2.24) is 4.90 Å². The van der Waals surface area contributed by atoms with Gasteiger partial charge in [0, 0.05) is 0 Å². The first kappa shape index (κ1) is 9.46. The van der Waals surface area contributed by atoms with Gasteiger partial charge in [-0.2, -0.15) is 0 Å². The third kappa shape index (κ3) is 0.629. The lowest BCUT2D eigenvalue weighted by Gasteiger charge is -2.31. The maximum absolute atomic E-state index is 12.6. The number of ether oxygens (including phenoxy) is 1. The van der Waals surface area contributed by atoms with E-state index in [1.807, 2.05) is 4.90 Å². The van der Waals surface area contributed by atoms with Crippen molar-refractivity contribution >= 4 is 5.91 Å². The van der Waals surface area contributed by atoms with Crippen LogP contribution in [-0.2, 0) is 9.53 Å². The smallest absolute Gasteiger partial charge is 0.232 e. The molecular formula is C13H19NO2. The number of hydrogen-bond donors (Lipinski definition) is 0. The zero-order valence-electron chi connectivity index (χ0n) is 10.1. The molecule has 4 aliphatic rings. The van der Waals surface area contributed by atoms with Crippen LogP contribution in [0.1, 0.15) is 39.5 Å². The maximum atomic E-state index is 12.6. The maximum Gasteiger partial charge on any atom is 0.232 e. The lowest BCUT2D eigenvalue weighted by Crippen LogP contribution is -2.33. The van der Waals surface area contributed by atoms with Crippen LogP contribution in [0.2, 0.25) is 0 Å². The fraction of sp³-hybridized carbons (Fsp3) is 0.923. The molecule has 0 aromatic rings. The van der Waals surface area contributed by atoms with E-state index in [-0.39, 0.29) is 10.8 Å². The summed E-state index contributed by atoms with van der Waals surface area (Å²) in [5, 5.41) is 0. The Kier molecular flexibility index (Phi) is 1.38. The molecule has 2 saturated heterocycles. The average molecular weight is 221 g/mol. The Morgan fingerprint density at radius 3 is 2.62 bits per heavy atom. The average Bonchev–Trinajstić information content (AvgIpc) is 2.54. The van der Waals surface area contributed by atoms with Gasteiger partial charge in [-0.05, 0) is 30.1 Å². The predicted molar refractivity (Wildman–Crippen MR) is 58.6 cm³/mol. The minimum absolute atomic E-state index is 0.00725. The highest BCUT2D eigenvalue weighted by molar-refractivity contribution is 5.92. The molecule has 16 heavy (non-hydrogen) atoms. The van der Waals surface area contributed by atoms with Crippen molar-refractivity contribution in [2.24, 2.45) is 16.2 Å². The summed E-state index contributed by atoms with van der Waals surface area (Å²) in [5.41, 5.74) is 0.591. The van der Waals surface area contributed by atoms with Crippen LogP contribution in [0.5, 0.6) is 0 Å². The number of carbonyl (C=O) groups is 1. The van der Waals surface area contributed by atoms with Crippen LogP contribution in [0.15, 0.2) is 0 Å². The van der Waals surface area contributed by atoms with Gasteiger partial charge in [-0.1, -0.05) is 20.3 Å². The van der Waals surface area contributed by atoms with Crippen molar-refractivity contribution in [3.05, 3.63) is 0 Å². The molecule has 4 fully saturated rings. The van der Waals surface area contributed by atoms with E-state index >= 15 is 0 Å². The van der Waals surface area contributed by atoms with Crippen molar-refractivity contribution in [1.29, 1.82) is 0 Å². The minimum Gasteiger partial charge on any atom is -0.359 e. The summed E-state index contributed by atoms with van der Waals surface area (Å²) in [4.78, 5) is 14.6. The molecule has 2 saturated carbocycles. The Balaban J connectivity index is 1.77. The summed E-state index contributed by atoms with van der Waals surface area (Å²) in [6.45, 7) is 5.93. The molecule has 0 bridgehead atoms. The molecule has 1 amide bonds. The summed E-state index contributed by atoms with van der Waals surface area (Å²) in [6, 6.07) is 0.381. The van der Waals surface area contributed by atoms with Gasteiger partial charge < -0.3 is 9.64 Å². The van der Waals surface area contributed by atoms with E-state index in [0.717, 1.165) is 13.0 Å². The van der Waals surface area contributed by atoms with Crippen LogP contribution in [0.3, 0.4) is 0 Å². The van der Waals surface area contributed by atoms with E-state index in [2.05, 4.69) is 13.8 Å². The lowest BCUT2D eigenvalue weighted by atomic mass is 9.73. The number of nitrogens with zero attached hydrogens (tertiary/aromatic N) is 1. The van der Waals surface area contributed by atoms with Gasteiger partial charge in [-0.25, -0.2) is 0 Å². The van der Waals surface area contributed by atoms with Gasteiger partial charge in [0.05, 0.1) is 18.1 Å². The third-order valence-electron chi connectivity index (χ3n) is 6.37. The highest BCUT2D eigenvalue weighted by atomic mass is 16.5. The Hall–Kier alpha value is -0.570. The first-order valence-electron chi connectivity index (χ1n) is 6.46. The molecule has 0 aromatic heterocycles. The van der Waals surface area contributed by atoms with Crippen LogP contribution >= 0.6 is 0 Å². The molecule has 3 heteroatoms. The molecule has 3 nitrogen and oxygen atoms in total. The summed E-state index contributed by atoms with van der Waals surface area (Å²) in [5.74, 6) is 0.403. The Morgan fingerprint density at radius 2 is 2.12 bits per heavy atom. The summed E-state index contributed by atoms with van der Waals surface area (Å²) >= 11 is 0. The molecule has 2 spiro atoms. The summed E-state index contributed by atoms with van der Waals surface area (Å²) < 4.78 is 5.40. The van der Waals surface area contributed by atoms with E-state index in [4.69, 9.17) is 4.74 Å². The Morgan fingerprint density at radius 1 is 1.38 bits per heavy atom. The molecule has 0 aromatic carbocycles. The van der Waals surface area contributed by atoms with Gasteiger partial charge in [0.25, 0.3) is 0 Å². The fourth-order valence-corrected chi connectivity index (χ4v) is 5.22. The third-order valence-corrected chi connectivity index (χ3v) is 6.37. The van der Waals surface area contributed by atoms with Gasteiger partial charge in [0.2, 0.25) is 5.91 Å². The molecule has 2 aliphatic carbocycles. The number of fused-ring (bicyclic) bond motifs is 2. The molecular weight excluding hydrogens is 202 g/mol. The lowest BCUT2D eigenvalue weighted by molar-refractivity contribution is -0.136. The van der Waals surface area contributed by atoms with Crippen LogP contribution in [0.4, 0.5) is 0 Å². The summed E-state index contributed by atoms with van der Waals surface area (Å²) in [7, 11) is 0. The molecule has 88 valence electrons. The molecule has 0 N–H and O–H groups in total. The van der Waals surface area contributed by atoms with Gasteiger partial charge >= 0.3 is 0 Å². The van der Waals surface area contributed by atoms with Gasteiger partial charge in [0.15, 0.2) is 0 Å². The molecule has 2 atom stereocenters. The number of hydrogen-bond acceptors (Lipinski definition) is 2. The predicted octanol–water partition coefficient (Wildman–Crippen LogP) is 1.77. The fourth-order valence-electron chi connectivity index (χ4n) is 5.22. The zero-order valence-corrected chi connectivity index (χ0v) is 10.1. The molecule has 0 radical (unpaired) electrons. The topological polar surface area (TPSA) is 29.5 Å². The summed E-state index contributed by atoms with van der Waals surface area (Å²) in [6.07, 6.45) is 4.92. The number of carbonyl (C=O) groups excluding carboxylic acids is 1. The monoisotopic (exact) mass is 221 g/mol. The Bertz CT molecular complexity index is 385. The highest BCUT2D eigenvalue weighted by Crippen LogP contribution is 2.88. The molecule has 1 unspecified atom stereocenters. The Labute approximate surface area is 96.1 Å². The van der Waals surface area contributed by atoms with Gasteiger partial charge in [-0.3, -0.25) is 4.79 Å². The normalized spacial score (nSPS) is 46.2. The van der Waals surface area contributed by atoms with E-state index in [9.17, 15) is 4.79 Å². The number of rotatable bonds is 0. The first-order valence-corrected chi connectivity index (χ1v) is 6.46. The molecule has 2 heterocycles. The SMILES string of the molecule is CC1(C)C2(CCC2)[C@@]12CC1COCN1C2=O. The second-order valence-electron chi connectivity index (χ2n) is 6.60.